The van der Waals surface area contributed by atoms with Crippen LogP contribution >= 0.6 is 0 Å². The largest absolute Gasteiger partial charge is 0.494 e. The fourth-order valence-electron chi connectivity index (χ4n) is 2.22. The maximum absolute atomic E-state index is 12.1. The molecule has 0 spiro atoms. The van der Waals surface area contributed by atoms with E-state index in [2.05, 4.69) is 17.6 Å². The summed E-state index contributed by atoms with van der Waals surface area (Å²) in [6.45, 7) is 2.55. The van der Waals surface area contributed by atoms with Crippen molar-refractivity contribution in [3.63, 3.8) is 0 Å². The first-order valence-electron chi connectivity index (χ1n) is 8.70. The molecule has 0 atom stereocenters. The Labute approximate surface area is 157 Å². The molecule has 3 amide bonds. The van der Waals surface area contributed by atoms with E-state index >= 15 is 0 Å². The predicted octanol–water partition coefficient (Wildman–Crippen LogP) is 2.33. The van der Waals surface area contributed by atoms with Crippen LogP contribution in [-0.2, 0) is 4.79 Å². The standard InChI is InChI=1S/C20H23N3O4/c1-2-3-12-27-17-10-6-15(7-11-17)20(26)22-13-18(24)23-16-8-4-14(5-9-16)19(21)25/h4-11H,2-3,12-13H2,1H3,(H2,21,25)(H,22,26)(H,23,24). The number of carbonyl (C=O) groups is 3. The fraction of sp³-hybridized carbons (Fsp3) is 0.250. The molecule has 27 heavy (non-hydrogen) atoms. The summed E-state index contributed by atoms with van der Waals surface area (Å²) in [5.41, 5.74) is 6.46. The average Bonchev–Trinajstić information content (AvgIpc) is 2.67. The Morgan fingerprint density at radius 1 is 0.963 bits per heavy atom. The van der Waals surface area contributed by atoms with Crippen molar-refractivity contribution in [3.8, 4) is 5.75 Å². The Kier molecular flexibility index (Phi) is 7.37. The molecule has 0 aromatic heterocycles. The minimum Gasteiger partial charge on any atom is -0.494 e. The van der Waals surface area contributed by atoms with E-state index in [9.17, 15) is 14.4 Å². The average molecular weight is 369 g/mol. The molecule has 2 aromatic carbocycles. The second-order valence-electron chi connectivity index (χ2n) is 5.90. The van der Waals surface area contributed by atoms with Gasteiger partial charge in [-0.25, -0.2) is 0 Å². The van der Waals surface area contributed by atoms with Crippen LogP contribution in [0.25, 0.3) is 0 Å². The van der Waals surface area contributed by atoms with E-state index in [0.29, 0.717) is 29.2 Å². The van der Waals surface area contributed by atoms with Crippen LogP contribution in [0.3, 0.4) is 0 Å². The molecule has 0 aliphatic carbocycles. The van der Waals surface area contributed by atoms with Gasteiger partial charge in [0.1, 0.15) is 5.75 Å². The lowest BCUT2D eigenvalue weighted by molar-refractivity contribution is -0.115. The summed E-state index contributed by atoms with van der Waals surface area (Å²) in [5.74, 6) is -0.567. The number of rotatable bonds is 9. The van der Waals surface area contributed by atoms with Gasteiger partial charge < -0.3 is 21.1 Å². The molecule has 4 N–H and O–H groups in total. The van der Waals surface area contributed by atoms with Crippen molar-refractivity contribution in [2.75, 3.05) is 18.5 Å². The molecule has 0 saturated heterocycles. The molecule has 0 unspecified atom stereocenters. The predicted molar refractivity (Wildman–Crippen MR) is 103 cm³/mol. The molecule has 0 aliphatic rings. The smallest absolute Gasteiger partial charge is 0.251 e. The zero-order chi connectivity index (χ0) is 19.6. The fourth-order valence-corrected chi connectivity index (χ4v) is 2.22. The topological polar surface area (TPSA) is 111 Å². The molecule has 142 valence electrons. The van der Waals surface area contributed by atoms with Crippen molar-refractivity contribution < 1.29 is 19.1 Å². The third-order valence-electron chi connectivity index (χ3n) is 3.75. The number of amides is 3. The number of anilines is 1. The van der Waals surface area contributed by atoms with Crippen LogP contribution in [0.5, 0.6) is 5.75 Å². The second-order valence-corrected chi connectivity index (χ2v) is 5.90. The van der Waals surface area contributed by atoms with Crippen LogP contribution < -0.4 is 21.1 Å². The zero-order valence-electron chi connectivity index (χ0n) is 15.2. The number of carbonyl (C=O) groups excluding carboxylic acids is 3. The second kappa shape index (κ2) is 9.96. The van der Waals surface area contributed by atoms with Gasteiger partial charge in [-0.3, -0.25) is 14.4 Å². The van der Waals surface area contributed by atoms with E-state index in [1.807, 2.05) is 0 Å². The van der Waals surface area contributed by atoms with Gasteiger partial charge in [0.25, 0.3) is 5.91 Å². The van der Waals surface area contributed by atoms with Crippen molar-refractivity contribution in [1.82, 2.24) is 5.32 Å². The highest BCUT2D eigenvalue weighted by Gasteiger charge is 2.09. The Morgan fingerprint density at radius 2 is 1.59 bits per heavy atom. The lowest BCUT2D eigenvalue weighted by atomic mass is 10.2. The Morgan fingerprint density at radius 3 is 2.19 bits per heavy atom. The molecule has 0 aliphatic heterocycles. The van der Waals surface area contributed by atoms with E-state index in [1.54, 1.807) is 36.4 Å². The summed E-state index contributed by atoms with van der Waals surface area (Å²) in [6, 6.07) is 12.9. The summed E-state index contributed by atoms with van der Waals surface area (Å²) < 4.78 is 5.54. The molecular formula is C20H23N3O4. The summed E-state index contributed by atoms with van der Waals surface area (Å²) in [6.07, 6.45) is 2.03. The van der Waals surface area contributed by atoms with Crippen LogP contribution in [0.4, 0.5) is 5.69 Å². The molecule has 2 rings (SSSR count). The molecular weight excluding hydrogens is 346 g/mol. The highest BCUT2D eigenvalue weighted by molar-refractivity contribution is 5.99. The Bertz CT molecular complexity index is 786. The summed E-state index contributed by atoms with van der Waals surface area (Å²) in [5, 5.41) is 5.18. The van der Waals surface area contributed by atoms with Gasteiger partial charge in [-0.05, 0) is 55.0 Å². The first kappa shape index (κ1) is 20.0. The van der Waals surface area contributed by atoms with Crippen molar-refractivity contribution >= 4 is 23.4 Å². The van der Waals surface area contributed by atoms with E-state index in [-0.39, 0.29) is 18.4 Å². The number of hydrogen-bond acceptors (Lipinski definition) is 4. The van der Waals surface area contributed by atoms with Gasteiger partial charge in [-0.1, -0.05) is 13.3 Å². The van der Waals surface area contributed by atoms with Gasteiger partial charge >= 0.3 is 0 Å². The van der Waals surface area contributed by atoms with Crippen molar-refractivity contribution in [2.45, 2.75) is 19.8 Å². The SMILES string of the molecule is CCCCOc1ccc(C(=O)NCC(=O)Nc2ccc(C(N)=O)cc2)cc1. The Balaban J connectivity index is 1.80. The van der Waals surface area contributed by atoms with E-state index in [1.165, 1.54) is 12.1 Å². The monoisotopic (exact) mass is 369 g/mol. The number of nitrogens with two attached hydrogens (primary N) is 1. The number of nitrogens with one attached hydrogen (secondary N) is 2. The van der Waals surface area contributed by atoms with Crippen LogP contribution in [-0.4, -0.2) is 30.9 Å². The molecule has 0 saturated carbocycles. The first-order valence-corrected chi connectivity index (χ1v) is 8.70. The normalized spacial score (nSPS) is 10.1. The molecule has 0 fully saturated rings. The third kappa shape index (κ3) is 6.47. The number of primary amides is 1. The molecule has 0 bridgehead atoms. The van der Waals surface area contributed by atoms with Crippen molar-refractivity contribution in [3.05, 3.63) is 59.7 Å². The highest BCUT2D eigenvalue weighted by Crippen LogP contribution is 2.13. The van der Waals surface area contributed by atoms with E-state index in [0.717, 1.165) is 12.8 Å². The van der Waals surface area contributed by atoms with E-state index < -0.39 is 5.91 Å². The van der Waals surface area contributed by atoms with Gasteiger partial charge in [-0.15, -0.1) is 0 Å². The maximum Gasteiger partial charge on any atom is 0.251 e. The summed E-state index contributed by atoms with van der Waals surface area (Å²) in [7, 11) is 0. The number of benzene rings is 2. The molecule has 7 nitrogen and oxygen atoms in total. The van der Waals surface area contributed by atoms with Gasteiger partial charge in [0.15, 0.2) is 0 Å². The number of hydrogen-bond donors (Lipinski definition) is 3. The van der Waals surface area contributed by atoms with Crippen molar-refractivity contribution in [1.29, 1.82) is 0 Å². The van der Waals surface area contributed by atoms with Gasteiger partial charge in [0.05, 0.1) is 13.2 Å². The minimum absolute atomic E-state index is 0.175. The summed E-state index contributed by atoms with van der Waals surface area (Å²) >= 11 is 0. The first-order chi connectivity index (χ1) is 13.0. The van der Waals surface area contributed by atoms with Crippen LogP contribution in [0.2, 0.25) is 0 Å². The highest BCUT2D eigenvalue weighted by atomic mass is 16.5. The van der Waals surface area contributed by atoms with Crippen LogP contribution in [0, 0.1) is 0 Å². The lowest BCUT2D eigenvalue weighted by Crippen LogP contribution is -2.32. The van der Waals surface area contributed by atoms with Gasteiger partial charge in [0, 0.05) is 16.8 Å². The number of unbranched alkanes of at least 4 members (excludes halogenated alkanes) is 1. The molecule has 0 radical (unpaired) electrons. The number of ether oxygens (including phenoxy) is 1. The third-order valence-corrected chi connectivity index (χ3v) is 3.75. The summed E-state index contributed by atoms with van der Waals surface area (Å²) in [4.78, 5) is 35.1. The van der Waals surface area contributed by atoms with Gasteiger partial charge in [-0.2, -0.15) is 0 Å². The molecule has 7 heteroatoms. The minimum atomic E-state index is -0.540. The lowest BCUT2D eigenvalue weighted by Gasteiger charge is -2.08. The Hall–Kier alpha value is -3.35. The van der Waals surface area contributed by atoms with Crippen molar-refractivity contribution in [2.24, 2.45) is 5.73 Å². The molecule has 2 aromatic rings. The van der Waals surface area contributed by atoms with Gasteiger partial charge in [0.2, 0.25) is 11.8 Å². The van der Waals surface area contributed by atoms with Crippen LogP contribution in [0.15, 0.2) is 48.5 Å². The van der Waals surface area contributed by atoms with E-state index in [4.69, 9.17) is 10.5 Å². The maximum atomic E-state index is 12.1. The zero-order valence-corrected chi connectivity index (χ0v) is 15.2. The molecule has 0 heterocycles. The quantitative estimate of drug-likeness (QED) is 0.589. The van der Waals surface area contributed by atoms with Crippen LogP contribution in [0.1, 0.15) is 40.5 Å².